The molecule has 0 unspecified atom stereocenters. The molecule has 0 atom stereocenters. The van der Waals surface area contributed by atoms with E-state index in [-0.39, 0.29) is 5.91 Å². The van der Waals surface area contributed by atoms with Gasteiger partial charge in [-0.2, -0.15) is 5.10 Å². The Bertz CT molecular complexity index is 1110. The van der Waals surface area contributed by atoms with Gasteiger partial charge < -0.3 is 9.47 Å². The van der Waals surface area contributed by atoms with Crippen LogP contribution in [0.5, 0.6) is 0 Å². The average molecular weight is 388 g/mol. The quantitative estimate of drug-likeness (QED) is 0.488. The molecule has 4 rings (SSSR count). The van der Waals surface area contributed by atoms with Gasteiger partial charge in [0.2, 0.25) is 0 Å². The monoisotopic (exact) mass is 388 g/mol. The van der Waals surface area contributed by atoms with Crippen molar-refractivity contribution in [2.24, 2.45) is 7.05 Å². The highest BCUT2D eigenvalue weighted by Gasteiger charge is 2.15. The Morgan fingerprint density at radius 2 is 1.90 bits per heavy atom. The molecule has 0 saturated heterocycles. The van der Waals surface area contributed by atoms with Crippen LogP contribution < -0.4 is 0 Å². The molecule has 0 saturated carbocycles. The first-order valence-corrected chi connectivity index (χ1v) is 9.68. The predicted molar refractivity (Wildman–Crippen MR) is 112 cm³/mol. The van der Waals surface area contributed by atoms with Crippen LogP contribution >= 0.6 is 0 Å². The Morgan fingerprint density at radius 3 is 2.66 bits per heavy atom. The van der Waals surface area contributed by atoms with Crippen molar-refractivity contribution in [2.75, 3.05) is 13.6 Å². The van der Waals surface area contributed by atoms with Gasteiger partial charge in [0.1, 0.15) is 5.52 Å². The second-order valence-corrected chi connectivity index (χ2v) is 7.24. The summed E-state index contributed by atoms with van der Waals surface area (Å²) < 4.78 is 3.80. The zero-order valence-electron chi connectivity index (χ0n) is 16.7. The lowest BCUT2D eigenvalue weighted by Gasteiger charge is -2.16. The first kappa shape index (κ1) is 18.9. The van der Waals surface area contributed by atoms with Gasteiger partial charge >= 0.3 is 0 Å². The molecular formula is C22H24N6O. The van der Waals surface area contributed by atoms with Crippen molar-refractivity contribution in [3.05, 3.63) is 78.0 Å². The van der Waals surface area contributed by atoms with Crippen LogP contribution in [0.1, 0.15) is 21.5 Å². The smallest absolute Gasteiger partial charge is 0.255 e. The molecule has 4 aromatic rings. The summed E-state index contributed by atoms with van der Waals surface area (Å²) >= 11 is 0. The van der Waals surface area contributed by atoms with Gasteiger partial charge in [-0.1, -0.05) is 30.3 Å². The number of rotatable bonds is 7. The molecule has 1 amide bonds. The summed E-state index contributed by atoms with van der Waals surface area (Å²) in [6, 6.07) is 12.2. The van der Waals surface area contributed by atoms with E-state index < -0.39 is 0 Å². The van der Waals surface area contributed by atoms with Gasteiger partial charge in [-0.05, 0) is 30.0 Å². The molecule has 1 aromatic carbocycles. The normalized spacial score (nSPS) is 11.1. The van der Waals surface area contributed by atoms with Crippen molar-refractivity contribution in [1.29, 1.82) is 0 Å². The molecule has 0 fully saturated rings. The number of amides is 1. The Labute approximate surface area is 169 Å². The van der Waals surface area contributed by atoms with Crippen molar-refractivity contribution in [1.82, 2.24) is 29.2 Å². The molecule has 0 spiro atoms. The molecule has 7 heteroatoms. The molecular weight excluding hydrogens is 364 g/mol. The van der Waals surface area contributed by atoms with E-state index in [9.17, 15) is 4.79 Å². The van der Waals surface area contributed by atoms with E-state index in [4.69, 9.17) is 0 Å². The first-order valence-electron chi connectivity index (χ1n) is 9.68. The largest absolute Gasteiger partial charge is 0.341 e. The van der Waals surface area contributed by atoms with Crippen LogP contribution in [0.2, 0.25) is 0 Å². The molecule has 3 heterocycles. The molecule has 0 aliphatic carbocycles. The first-order chi connectivity index (χ1) is 14.1. The van der Waals surface area contributed by atoms with Crippen molar-refractivity contribution in [3.8, 4) is 0 Å². The highest BCUT2D eigenvalue weighted by Crippen LogP contribution is 2.14. The number of pyridine rings is 1. The zero-order valence-corrected chi connectivity index (χ0v) is 16.7. The van der Waals surface area contributed by atoms with E-state index in [1.807, 2.05) is 48.3 Å². The van der Waals surface area contributed by atoms with Crippen LogP contribution in [0.4, 0.5) is 0 Å². The van der Waals surface area contributed by atoms with Crippen LogP contribution in [0, 0.1) is 0 Å². The van der Waals surface area contributed by atoms with E-state index in [1.165, 1.54) is 5.56 Å². The van der Waals surface area contributed by atoms with Crippen LogP contribution in [0.3, 0.4) is 0 Å². The van der Waals surface area contributed by atoms with Gasteiger partial charge in [-0.3, -0.25) is 9.48 Å². The van der Waals surface area contributed by atoms with Crippen LogP contribution in [-0.2, 0) is 26.4 Å². The van der Waals surface area contributed by atoms with Gasteiger partial charge in [-0.15, -0.1) is 0 Å². The number of hydrogen-bond acceptors (Lipinski definition) is 4. The number of carbonyl (C=O) groups excluding carboxylic acids is 1. The van der Waals surface area contributed by atoms with Crippen LogP contribution in [0.15, 0.2) is 61.3 Å². The zero-order chi connectivity index (χ0) is 20.2. The topological polar surface area (TPSA) is 68.8 Å². The third-order valence-electron chi connectivity index (χ3n) is 5.03. The third kappa shape index (κ3) is 4.34. The van der Waals surface area contributed by atoms with Crippen molar-refractivity contribution in [3.63, 3.8) is 0 Å². The fourth-order valence-corrected chi connectivity index (χ4v) is 3.34. The fraction of sp³-hybridized carbons (Fsp3) is 0.273. The predicted octanol–water partition coefficient (Wildman–Crippen LogP) is 2.72. The molecule has 0 bridgehead atoms. The second kappa shape index (κ2) is 8.26. The van der Waals surface area contributed by atoms with Crippen molar-refractivity contribution >= 4 is 17.1 Å². The Hall–Kier alpha value is -3.48. The van der Waals surface area contributed by atoms with Gasteiger partial charge in [0.15, 0.2) is 5.65 Å². The SMILES string of the molecule is CN(CCc1cnn(C)c1)C(=O)c1cnc2c(c1)ncn2CCc1ccccc1. The minimum absolute atomic E-state index is 0.0536. The molecule has 0 N–H and O–H groups in total. The number of hydrogen-bond donors (Lipinski definition) is 0. The fourth-order valence-electron chi connectivity index (χ4n) is 3.34. The molecule has 7 nitrogen and oxygen atoms in total. The number of carbonyl (C=O) groups is 1. The Morgan fingerprint density at radius 1 is 1.07 bits per heavy atom. The molecule has 0 aliphatic heterocycles. The van der Waals surface area contributed by atoms with E-state index in [1.54, 1.807) is 29.2 Å². The number of fused-ring (bicyclic) bond motifs is 1. The molecule has 29 heavy (non-hydrogen) atoms. The van der Waals surface area contributed by atoms with E-state index in [2.05, 4.69) is 27.2 Å². The summed E-state index contributed by atoms with van der Waals surface area (Å²) in [6.45, 7) is 1.42. The number of likely N-dealkylation sites (N-methyl/N-ethyl adjacent to an activating group) is 1. The summed E-state index contributed by atoms with van der Waals surface area (Å²) in [4.78, 5) is 23.4. The lowest BCUT2D eigenvalue weighted by atomic mass is 10.1. The summed E-state index contributed by atoms with van der Waals surface area (Å²) in [5.74, 6) is -0.0536. The molecule has 0 radical (unpaired) electrons. The van der Waals surface area contributed by atoms with Gasteiger partial charge in [-0.25, -0.2) is 9.97 Å². The van der Waals surface area contributed by atoms with E-state index in [0.29, 0.717) is 12.1 Å². The molecule has 148 valence electrons. The van der Waals surface area contributed by atoms with E-state index in [0.717, 1.165) is 36.1 Å². The summed E-state index contributed by atoms with van der Waals surface area (Å²) in [5.41, 5.74) is 4.48. The molecule has 3 aromatic heterocycles. The average Bonchev–Trinajstić information content (AvgIpc) is 3.36. The van der Waals surface area contributed by atoms with Crippen LogP contribution in [-0.4, -0.2) is 48.7 Å². The Balaban J connectivity index is 1.42. The number of aromatic nitrogens is 5. The van der Waals surface area contributed by atoms with Gasteiger partial charge in [0, 0.05) is 39.6 Å². The Kier molecular flexibility index (Phi) is 5.37. The maximum absolute atomic E-state index is 12.8. The maximum Gasteiger partial charge on any atom is 0.255 e. The van der Waals surface area contributed by atoms with Gasteiger partial charge in [0.25, 0.3) is 5.91 Å². The lowest BCUT2D eigenvalue weighted by molar-refractivity contribution is 0.0796. The summed E-state index contributed by atoms with van der Waals surface area (Å²) in [6.07, 6.45) is 8.90. The number of benzene rings is 1. The minimum Gasteiger partial charge on any atom is -0.341 e. The number of nitrogens with zero attached hydrogens (tertiary/aromatic N) is 6. The summed E-state index contributed by atoms with van der Waals surface area (Å²) in [7, 11) is 3.69. The third-order valence-corrected chi connectivity index (χ3v) is 5.03. The highest BCUT2D eigenvalue weighted by atomic mass is 16.2. The van der Waals surface area contributed by atoms with Crippen molar-refractivity contribution in [2.45, 2.75) is 19.4 Å². The number of imidazole rings is 1. The molecule has 0 aliphatic rings. The standard InChI is InChI=1S/C22H24N6O/c1-26(10-8-18-13-25-27(2)15-18)22(29)19-12-20-21(23-14-19)28(16-24-20)11-9-17-6-4-3-5-7-17/h3-7,12-16H,8-11H2,1-2H3. The number of aryl methyl sites for hydroxylation is 3. The van der Waals surface area contributed by atoms with E-state index >= 15 is 0 Å². The van der Waals surface area contributed by atoms with Gasteiger partial charge in [0.05, 0.1) is 18.1 Å². The highest BCUT2D eigenvalue weighted by molar-refractivity contribution is 5.96. The maximum atomic E-state index is 12.8. The van der Waals surface area contributed by atoms with Crippen molar-refractivity contribution < 1.29 is 4.79 Å². The summed E-state index contributed by atoms with van der Waals surface area (Å²) in [5, 5.41) is 4.16. The lowest BCUT2D eigenvalue weighted by Crippen LogP contribution is -2.28. The minimum atomic E-state index is -0.0536. The second-order valence-electron chi connectivity index (χ2n) is 7.24. The van der Waals surface area contributed by atoms with Crippen LogP contribution in [0.25, 0.3) is 11.2 Å².